The van der Waals surface area contributed by atoms with Crippen molar-refractivity contribution in [2.75, 3.05) is 18.5 Å². The van der Waals surface area contributed by atoms with Gasteiger partial charge in [0.25, 0.3) is 0 Å². The Kier molecular flexibility index (Phi) is 6.23. The fraction of sp³-hybridized carbons (Fsp3) is 0.316. The van der Waals surface area contributed by atoms with E-state index in [9.17, 15) is 4.79 Å². The van der Waals surface area contributed by atoms with Crippen LogP contribution in [0.4, 0.5) is 5.69 Å². The summed E-state index contributed by atoms with van der Waals surface area (Å²) >= 11 is 0. The zero-order chi connectivity index (χ0) is 16.2. The van der Waals surface area contributed by atoms with Gasteiger partial charge >= 0.3 is 0 Å². The van der Waals surface area contributed by atoms with Crippen molar-refractivity contribution in [2.24, 2.45) is 0 Å². The second-order valence-corrected chi connectivity index (χ2v) is 6.00. The Morgan fingerprint density at radius 2 is 2.04 bits per heavy atom. The third-order valence-corrected chi connectivity index (χ3v) is 4.05. The first-order valence-corrected chi connectivity index (χ1v) is 7.94. The number of ether oxygens (including phenoxy) is 1. The van der Waals surface area contributed by atoms with E-state index in [2.05, 4.69) is 28.8 Å². The summed E-state index contributed by atoms with van der Waals surface area (Å²) in [5.41, 5.74) is 5.28. The van der Waals surface area contributed by atoms with Gasteiger partial charge in [-0.2, -0.15) is 0 Å². The van der Waals surface area contributed by atoms with Crippen LogP contribution in [-0.4, -0.2) is 19.1 Å². The summed E-state index contributed by atoms with van der Waals surface area (Å²) in [7, 11) is 0. The lowest BCUT2D eigenvalue weighted by molar-refractivity contribution is -0.115. The predicted molar refractivity (Wildman–Crippen MR) is 99.1 cm³/mol. The SMILES string of the molecule is Cc1ccc(C)c(CC(=O)Nc2ccc3c(c2)CNCCO3)c1.Cl. The molecule has 2 aromatic rings. The van der Waals surface area contributed by atoms with Crippen LogP contribution in [0.3, 0.4) is 0 Å². The van der Waals surface area contributed by atoms with Crippen molar-refractivity contribution in [1.82, 2.24) is 5.32 Å². The number of carbonyl (C=O) groups is 1. The van der Waals surface area contributed by atoms with Gasteiger partial charge in [-0.05, 0) is 43.2 Å². The van der Waals surface area contributed by atoms with Crippen molar-refractivity contribution >= 4 is 24.0 Å². The number of aryl methyl sites for hydroxylation is 2. The monoisotopic (exact) mass is 346 g/mol. The molecular formula is C19H23ClN2O2. The smallest absolute Gasteiger partial charge is 0.228 e. The van der Waals surface area contributed by atoms with Gasteiger partial charge in [-0.3, -0.25) is 4.79 Å². The van der Waals surface area contributed by atoms with Gasteiger partial charge in [0.05, 0.1) is 6.42 Å². The molecule has 0 saturated carbocycles. The number of hydrogen-bond donors (Lipinski definition) is 2. The van der Waals surface area contributed by atoms with E-state index in [1.54, 1.807) is 0 Å². The Morgan fingerprint density at radius 3 is 2.88 bits per heavy atom. The third-order valence-electron chi connectivity index (χ3n) is 4.05. The van der Waals surface area contributed by atoms with E-state index in [0.717, 1.165) is 41.2 Å². The van der Waals surface area contributed by atoms with Crippen LogP contribution in [-0.2, 0) is 17.8 Å². The number of hydrogen-bond acceptors (Lipinski definition) is 3. The highest BCUT2D eigenvalue weighted by molar-refractivity contribution is 5.92. The van der Waals surface area contributed by atoms with Crippen LogP contribution < -0.4 is 15.4 Å². The summed E-state index contributed by atoms with van der Waals surface area (Å²) in [5, 5.41) is 6.29. The van der Waals surface area contributed by atoms with Crippen molar-refractivity contribution in [3.63, 3.8) is 0 Å². The van der Waals surface area contributed by atoms with Gasteiger partial charge in [0.2, 0.25) is 5.91 Å². The Hall–Kier alpha value is -2.04. The van der Waals surface area contributed by atoms with Gasteiger partial charge in [-0.1, -0.05) is 23.8 Å². The van der Waals surface area contributed by atoms with E-state index in [0.29, 0.717) is 13.0 Å². The van der Waals surface area contributed by atoms with Crippen LogP contribution in [0.1, 0.15) is 22.3 Å². The molecule has 5 heteroatoms. The molecule has 1 aliphatic heterocycles. The first-order chi connectivity index (χ1) is 11.1. The molecule has 1 aliphatic rings. The number of amides is 1. The summed E-state index contributed by atoms with van der Waals surface area (Å²) < 4.78 is 5.66. The number of rotatable bonds is 3. The number of anilines is 1. The van der Waals surface area contributed by atoms with Crippen LogP contribution in [0.5, 0.6) is 5.75 Å². The van der Waals surface area contributed by atoms with E-state index >= 15 is 0 Å². The molecule has 128 valence electrons. The molecule has 0 unspecified atom stereocenters. The fourth-order valence-corrected chi connectivity index (χ4v) is 2.76. The Morgan fingerprint density at radius 1 is 1.21 bits per heavy atom. The molecule has 0 saturated heterocycles. The molecule has 0 aliphatic carbocycles. The molecule has 0 atom stereocenters. The number of benzene rings is 2. The summed E-state index contributed by atoms with van der Waals surface area (Å²) in [4.78, 5) is 12.3. The normalized spacial score (nSPS) is 13.1. The van der Waals surface area contributed by atoms with Crippen molar-refractivity contribution < 1.29 is 9.53 Å². The third kappa shape index (κ3) is 4.49. The number of carbonyl (C=O) groups excluding carboxylic acids is 1. The quantitative estimate of drug-likeness (QED) is 0.895. The molecule has 2 aromatic carbocycles. The Balaban J connectivity index is 0.00000208. The van der Waals surface area contributed by atoms with E-state index in [4.69, 9.17) is 4.74 Å². The largest absolute Gasteiger partial charge is 0.492 e. The van der Waals surface area contributed by atoms with Gasteiger partial charge in [0.15, 0.2) is 0 Å². The average molecular weight is 347 g/mol. The predicted octanol–water partition coefficient (Wildman–Crippen LogP) is 3.39. The summed E-state index contributed by atoms with van der Waals surface area (Å²) in [5.74, 6) is 0.892. The fourth-order valence-electron chi connectivity index (χ4n) is 2.76. The van der Waals surface area contributed by atoms with E-state index < -0.39 is 0 Å². The second kappa shape index (κ2) is 8.18. The molecule has 24 heavy (non-hydrogen) atoms. The minimum atomic E-state index is 0. The van der Waals surface area contributed by atoms with Gasteiger partial charge < -0.3 is 15.4 Å². The van der Waals surface area contributed by atoms with Crippen molar-refractivity contribution in [2.45, 2.75) is 26.8 Å². The average Bonchev–Trinajstić information content (AvgIpc) is 2.75. The highest BCUT2D eigenvalue weighted by atomic mass is 35.5. The summed E-state index contributed by atoms with van der Waals surface area (Å²) in [6, 6.07) is 12.0. The topological polar surface area (TPSA) is 50.4 Å². The minimum Gasteiger partial charge on any atom is -0.492 e. The lowest BCUT2D eigenvalue weighted by atomic mass is 10.0. The van der Waals surface area contributed by atoms with Crippen LogP contribution in [0, 0.1) is 13.8 Å². The molecule has 0 fully saturated rings. The summed E-state index contributed by atoms with van der Waals surface area (Å²) in [6.07, 6.45) is 0.388. The molecule has 0 radical (unpaired) electrons. The maximum Gasteiger partial charge on any atom is 0.228 e. The molecule has 0 spiro atoms. The molecule has 3 rings (SSSR count). The highest BCUT2D eigenvalue weighted by Crippen LogP contribution is 2.24. The molecule has 0 aromatic heterocycles. The molecule has 1 heterocycles. The molecule has 0 bridgehead atoms. The molecular weight excluding hydrogens is 324 g/mol. The van der Waals surface area contributed by atoms with E-state index in [-0.39, 0.29) is 18.3 Å². The van der Waals surface area contributed by atoms with Gasteiger partial charge in [0.1, 0.15) is 12.4 Å². The van der Waals surface area contributed by atoms with Crippen molar-refractivity contribution in [3.05, 3.63) is 58.7 Å². The van der Waals surface area contributed by atoms with E-state index in [1.165, 1.54) is 5.56 Å². The van der Waals surface area contributed by atoms with Crippen molar-refractivity contribution in [3.8, 4) is 5.75 Å². The van der Waals surface area contributed by atoms with Gasteiger partial charge in [0, 0.05) is 24.3 Å². The van der Waals surface area contributed by atoms with Crippen LogP contribution >= 0.6 is 12.4 Å². The standard InChI is InChI=1S/C19H22N2O2.ClH/c1-13-3-4-14(2)15(9-13)11-19(22)21-17-5-6-18-16(10-17)12-20-7-8-23-18;/h3-6,9-10,20H,7-8,11-12H2,1-2H3,(H,21,22);1H. The maximum absolute atomic E-state index is 12.3. The number of fused-ring (bicyclic) bond motifs is 1. The molecule has 1 amide bonds. The first kappa shape index (κ1) is 18.3. The van der Waals surface area contributed by atoms with Gasteiger partial charge in [-0.25, -0.2) is 0 Å². The summed E-state index contributed by atoms with van der Waals surface area (Å²) in [6.45, 7) is 6.35. The Bertz CT molecular complexity index is 731. The zero-order valence-electron chi connectivity index (χ0n) is 14.0. The van der Waals surface area contributed by atoms with E-state index in [1.807, 2.05) is 32.0 Å². The zero-order valence-corrected chi connectivity index (χ0v) is 14.8. The second-order valence-electron chi connectivity index (χ2n) is 6.00. The van der Waals surface area contributed by atoms with Crippen molar-refractivity contribution in [1.29, 1.82) is 0 Å². The lowest BCUT2D eigenvalue weighted by Crippen LogP contribution is -2.16. The molecule has 4 nitrogen and oxygen atoms in total. The number of nitrogens with one attached hydrogen (secondary N) is 2. The molecule has 2 N–H and O–H groups in total. The first-order valence-electron chi connectivity index (χ1n) is 7.94. The van der Waals surface area contributed by atoms with Crippen LogP contribution in [0.2, 0.25) is 0 Å². The van der Waals surface area contributed by atoms with Gasteiger partial charge in [-0.15, -0.1) is 12.4 Å². The lowest BCUT2D eigenvalue weighted by Gasteiger charge is -2.11. The Labute approximate surface area is 149 Å². The number of halogens is 1. The maximum atomic E-state index is 12.3. The van der Waals surface area contributed by atoms with Crippen LogP contribution in [0.25, 0.3) is 0 Å². The minimum absolute atomic E-state index is 0. The highest BCUT2D eigenvalue weighted by Gasteiger charge is 2.11. The van der Waals surface area contributed by atoms with Crippen LogP contribution in [0.15, 0.2) is 36.4 Å².